The van der Waals surface area contributed by atoms with Gasteiger partial charge in [-0.15, -0.1) is 0 Å². The standard InChI is InChI=1S/C21H27N3O2/c1-15(2)18-12-8-9-16(3)21(18)23-20(26)14-24(4)13-19(25)22-17-10-6-5-7-11-17/h5-12,15H,13-14H2,1-4H3,(H,22,25)(H,23,26). The Morgan fingerprint density at radius 3 is 2.15 bits per heavy atom. The van der Waals surface area contributed by atoms with Crippen molar-refractivity contribution in [3.8, 4) is 0 Å². The van der Waals surface area contributed by atoms with E-state index in [0.717, 1.165) is 22.5 Å². The van der Waals surface area contributed by atoms with Gasteiger partial charge in [0, 0.05) is 11.4 Å². The van der Waals surface area contributed by atoms with E-state index in [9.17, 15) is 9.59 Å². The van der Waals surface area contributed by atoms with E-state index in [0.29, 0.717) is 5.92 Å². The van der Waals surface area contributed by atoms with Gasteiger partial charge in [0.2, 0.25) is 11.8 Å². The van der Waals surface area contributed by atoms with Crippen LogP contribution < -0.4 is 10.6 Å². The Morgan fingerprint density at radius 1 is 0.923 bits per heavy atom. The Morgan fingerprint density at radius 2 is 1.54 bits per heavy atom. The molecule has 2 amide bonds. The van der Waals surface area contributed by atoms with Gasteiger partial charge in [-0.3, -0.25) is 14.5 Å². The number of rotatable bonds is 7. The van der Waals surface area contributed by atoms with E-state index >= 15 is 0 Å². The Balaban J connectivity index is 1.91. The number of para-hydroxylation sites is 2. The molecule has 2 N–H and O–H groups in total. The number of hydrogen-bond donors (Lipinski definition) is 2. The Bertz CT molecular complexity index is 757. The van der Waals surface area contributed by atoms with Crippen LogP contribution in [-0.2, 0) is 9.59 Å². The zero-order valence-corrected chi connectivity index (χ0v) is 15.9. The summed E-state index contributed by atoms with van der Waals surface area (Å²) < 4.78 is 0. The van der Waals surface area contributed by atoms with Crippen molar-refractivity contribution < 1.29 is 9.59 Å². The van der Waals surface area contributed by atoms with Crippen LogP contribution in [0.1, 0.15) is 30.9 Å². The van der Waals surface area contributed by atoms with Crippen molar-refractivity contribution in [3.63, 3.8) is 0 Å². The second kappa shape index (κ2) is 9.15. The number of hydrogen-bond acceptors (Lipinski definition) is 3. The number of carbonyl (C=O) groups is 2. The molecule has 0 heterocycles. The number of anilines is 2. The van der Waals surface area contributed by atoms with E-state index in [4.69, 9.17) is 0 Å². The van der Waals surface area contributed by atoms with Crippen molar-refractivity contribution in [2.45, 2.75) is 26.7 Å². The van der Waals surface area contributed by atoms with Gasteiger partial charge in [-0.1, -0.05) is 50.2 Å². The van der Waals surface area contributed by atoms with Crippen LogP contribution in [0.4, 0.5) is 11.4 Å². The van der Waals surface area contributed by atoms with Crippen molar-refractivity contribution in [1.82, 2.24) is 4.90 Å². The first-order chi connectivity index (χ1) is 12.4. The zero-order chi connectivity index (χ0) is 19.1. The number of amides is 2. The number of carbonyl (C=O) groups excluding carboxylic acids is 2. The molecule has 26 heavy (non-hydrogen) atoms. The van der Waals surface area contributed by atoms with Crippen LogP contribution in [0.5, 0.6) is 0 Å². The molecule has 0 saturated heterocycles. The molecule has 2 aromatic carbocycles. The minimum absolute atomic E-state index is 0.129. The van der Waals surface area contributed by atoms with Gasteiger partial charge in [0.25, 0.3) is 0 Å². The Kier molecular flexibility index (Phi) is 6.92. The molecule has 2 aromatic rings. The molecule has 0 spiro atoms. The summed E-state index contributed by atoms with van der Waals surface area (Å²) in [6.45, 7) is 6.48. The molecular weight excluding hydrogens is 326 g/mol. The minimum atomic E-state index is -0.148. The monoisotopic (exact) mass is 353 g/mol. The molecule has 0 radical (unpaired) electrons. The molecule has 2 rings (SSSR count). The van der Waals surface area contributed by atoms with Gasteiger partial charge >= 0.3 is 0 Å². The highest BCUT2D eigenvalue weighted by Crippen LogP contribution is 2.27. The highest BCUT2D eigenvalue weighted by Gasteiger charge is 2.15. The smallest absolute Gasteiger partial charge is 0.238 e. The fourth-order valence-electron chi connectivity index (χ4n) is 2.79. The van der Waals surface area contributed by atoms with E-state index in [-0.39, 0.29) is 24.9 Å². The third kappa shape index (κ3) is 5.70. The van der Waals surface area contributed by atoms with Crippen molar-refractivity contribution >= 4 is 23.2 Å². The van der Waals surface area contributed by atoms with Gasteiger partial charge in [0.1, 0.15) is 0 Å². The maximum absolute atomic E-state index is 12.4. The van der Waals surface area contributed by atoms with Crippen molar-refractivity contribution in [1.29, 1.82) is 0 Å². The van der Waals surface area contributed by atoms with Crippen molar-refractivity contribution in [2.24, 2.45) is 0 Å². The molecule has 0 saturated carbocycles. The van der Waals surface area contributed by atoms with Gasteiger partial charge < -0.3 is 10.6 Å². The molecule has 0 aliphatic heterocycles. The van der Waals surface area contributed by atoms with Crippen LogP contribution in [0, 0.1) is 6.92 Å². The van der Waals surface area contributed by atoms with Gasteiger partial charge in [-0.2, -0.15) is 0 Å². The normalized spacial score (nSPS) is 10.8. The zero-order valence-electron chi connectivity index (χ0n) is 15.9. The van der Waals surface area contributed by atoms with E-state index in [1.807, 2.05) is 55.5 Å². The molecule has 0 unspecified atom stereocenters. The summed E-state index contributed by atoms with van der Waals surface area (Å²) in [7, 11) is 1.76. The quantitative estimate of drug-likeness (QED) is 0.799. The number of benzene rings is 2. The molecule has 138 valence electrons. The van der Waals surface area contributed by atoms with E-state index in [1.54, 1.807) is 11.9 Å². The third-order valence-electron chi connectivity index (χ3n) is 4.08. The molecule has 5 nitrogen and oxygen atoms in total. The van der Waals surface area contributed by atoms with E-state index < -0.39 is 0 Å². The summed E-state index contributed by atoms with van der Waals surface area (Å²) in [6, 6.07) is 15.3. The molecule has 0 fully saturated rings. The Labute approximate surface area is 155 Å². The average Bonchev–Trinajstić information content (AvgIpc) is 2.56. The van der Waals surface area contributed by atoms with Crippen LogP contribution in [0.2, 0.25) is 0 Å². The molecule has 0 aliphatic rings. The lowest BCUT2D eigenvalue weighted by molar-refractivity contribution is -0.119. The largest absolute Gasteiger partial charge is 0.325 e. The predicted octanol–water partition coefficient (Wildman–Crippen LogP) is 3.63. The third-order valence-corrected chi connectivity index (χ3v) is 4.08. The van der Waals surface area contributed by atoms with Crippen LogP contribution >= 0.6 is 0 Å². The second-order valence-electron chi connectivity index (χ2n) is 6.83. The van der Waals surface area contributed by atoms with Crippen LogP contribution in [0.25, 0.3) is 0 Å². The first kappa shape index (κ1) is 19.7. The lowest BCUT2D eigenvalue weighted by Crippen LogP contribution is -2.36. The summed E-state index contributed by atoms with van der Waals surface area (Å²) in [4.78, 5) is 26.2. The number of likely N-dealkylation sites (N-methyl/N-ethyl adjacent to an activating group) is 1. The molecule has 5 heteroatoms. The van der Waals surface area contributed by atoms with E-state index in [2.05, 4.69) is 24.5 Å². The van der Waals surface area contributed by atoms with Gasteiger partial charge in [0.05, 0.1) is 13.1 Å². The number of nitrogens with one attached hydrogen (secondary N) is 2. The predicted molar refractivity (Wildman–Crippen MR) is 106 cm³/mol. The highest BCUT2D eigenvalue weighted by molar-refractivity contribution is 5.95. The van der Waals surface area contributed by atoms with Gasteiger partial charge in [-0.25, -0.2) is 0 Å². The summed E-state index contributed by atoms with van der Waals surface area (Å²) in [6.07, 6.45) is 0. The van der Waals surface area contributed by atoms with Crippen molar-refractivity contribution in [2.75, 3.05) is 30.8 Å². The molecule has 0 aromatic heterocycles. The fraction of sp³-hybridized carbons (Fsp3) is 0.333. The van der Waals surface area contributed by atoms with E-state index in [1.165, 1.54) is 0 Å². The second-order valence-corrected chi connectivity index (χ2v) is 6.83. The van der Waals surface area contributed by atoms with Crippen LogP contribution in [-0.4, -0.2) is 36.9 Å². The fourth-order valence-corrected chi connectivity index (χ4v) is 2.79. The lowest BCUT2D eigenvalue weighted by atomic mass is 9.98. The van der Waals surface area contributed by atoms with Crippen LogP contribution in [0.3, 0.4) is 0 Å². The molecule has 0 atom stereocenters. The first-order valence-electron chi connectivity index (χ1n) is 8.79. The minimum Gasteiger partial charge on any atom is -0.325 e. The number of aryl methyl sites for hydroxylation is 1. The van der Waals surface area contributed by atoms with Crippen LogP contribution in [0.15, 0.2) is 48.5 Å². The maximum atomic E-state index is 12.4. The average molecular weight is 353 g/mol. The number of nitrogens with zero attached hydrogens (tertiary/aromatic N) is 1. The molecule has 0 bridgehead atoms. The lowest BCUT2D eigenvalue weighted by Gasteiger charge is -2.19. The summed E-state index contributed by atoms with van der Waals surface area (Å²) >= 11 is 0. The first-order valence-corrected chi connectivity index (χ1v) is 8.79. The summed E-state index contributed by atoms with van der Waals surface area (Å²) in [5, 5.41) is 5.82. The maximum Gasteiger partial charge on any atom is 0.238 e. The van der Waals surface area contributed by atoms with Crippen molar-refractivity contribution in [3.05, 3.63) is 59.7 Å². The summed E-state index contributed by atoms with van der Waals surface area (Å²) in [5.41, 5.74) is 3.77. The Hall–Kier alpha value is -2.66. The van der Waals surface area contributed by atoms with Gasteiger partial charge in [0.15, 0.2) is 0 Å². The topological polar surface area (TPSA) is 61.4 Å². The highest BCUT2D eigenvalue weighted by atomic mass is 16.2. The molecular formula is C21H27N3O2. The molecule has 0 aliphatic carbocycles. The van der Waals surface area contributed by atoms with Gasteiger partial charge in [-0.05, 0) is 43.1 Å². The summed E-state index contributed by atoms with van der Waals surface area (Å²) in [5.74, 6) is 0.0426. The SMILES string of the molecule is Cc1cccc(C(C)C)c1NC(=O)CN(C)CC(=O)Nc1ccccc1.